The summed E-state index contributed by atoms with van der Waals surface area (Å²) in [5, 5.41) is 11.8. The highest BCUT2D eigenvalue weighted by Crippen LogP contribution is 2.33. The molecule has 0 spiro atoms. The zero-order valence-electron chi connectivity index (χ0n) is 13.8. The second kappa shape index (κ2) is 7.08. The van der Waals surface area contributed by atoms with Gasteiger partial charge in [-0.05, 0) is 42.3 Å². The van der Waals surface area contributed by atoms with Gasteiger partial charge >= 0.3 is 6.18 Å². The van der Waals surface area contributed by atoms with Gasteiger partial charge in [0, 0.05) is 30.9 Å². The van der Waals surface area contributed by atoms with Crippen LogP contribution in [0.1, 0.15) is 29.5 Å². The van der Waals surface area contributed by atoms with Crippen LogP contribution < -0.4 is 10.2 Å². The smallest absolute Gasteiger partial charge is 0.381 e. The van der Waals surface area contributed by atoms with Crippen molar-refractivity contribution in [3.05, 3.63) is 59.2 Å². The molecule has 0 aromatic heterocycles. The van der Waals surface area contributed by atoms with Crippen molar-refractivity contribution in [2.45, 2.75) is 25.6 Å². The molecule has 3 rings (SSSR count). The van der Waals surface area contributed by atoms with E-state index in [4.69, 9.17) is 5.26 Å². The van der Waals surface area contributed by atoms with E-state index in [1.165, 1.54) is 6.07 Å². The first-order chi connectivity index (χ1) is 12.4. The van der Waals surface area contributed by atoms with Gasteiger partial charge in [-0.25, -0.2) is 0 Å². The number of hydrogen-bond acceptors (Lipinski definition) is 3. The maximum atomic E-state index is 13.0. The van der Waals surface area contributed by atoms with Crippen molar-refractivity contribution >= 4 is 17.3 Å². The lowest BCUT2D eigenvalue weighted by atomic mass is 10.1. The van der Waals surface area contributed by atoms with Crippen LogP contribution in [0, 0.1) is 11.3 Å². The third kappa shape index (κ3) is 3.80. The molecule has 0 aliphatic carbocycles. The highest BCUT2D eigenvalue weighted by atomic mass is 19.4. The number of carbonyl (C=O) groups is 1. The molecular formula is C19H16F3N3O. The lowest BCUT2D eigenvalue weighted by molar-refractivity contribution is -0.137. The first-order valence-corrected chi connectivity index (χ1v) is 8.13. The van der Waals surface area contributed by atoms with E-state index in [9.17, 15) is 18.0 Å². The summed E-state index contributed by atoms with van der Waals surface area (Å²) in [4.78, 5) is 13.5. The molecular weight excluding hydrogens is 343 g/mol. The Bertz CT molecular complexity index is 871. The second-order valence-corrected chi connectivity index (χ2v) is 6.04. The van der Waals surface area contributed by atoms with E-state index < -0.39 is 17.3 Å². The third-order valence-electron chi connectivity index (χ3n) is 4.24. The summed E-state index contributed by atoms with van der Waals surface area (Å²) in [6.45, 7) is 0.985. The van der Waals surface area contributed by atoms with Gasteiger partial charge in [0.1, 0.15) is 0 Å². The van der Waals surface area contributed by atoms with Crippen molar-refractivity contribution in [2.75, 3.05) is 16.8 Å². The molecule has 4 nitrogen and oxygen atoms in total. The molecule has 1 N–H and O–H groups in total. The number of hydrogen-bond donors (Lipinski definition) is 1. The fourth-order valence-electron chi connectivity index (χ4n) is 2.95. The van der Waals surface area contributed by atoms with Crippen LogP contribution in [0.5, 0.6) is 0 Å². The summed E-state index contributed by atoms with van der Waals surface area (Å²) in [7, 11) is 0. The average Bonchev–Trinajstić information content (AvgIpc) is 3.05. The summed E-state index contributed by atoms with van der Waals surface area (Å²) < 4.78 is 39.1. The topological polar surface area (TPSA) is 56.1 Å². The Morgan fingerprint density at radius 3 is 2.65 bits per heavy atom. The van der Waals surface area contributed by atoms with Crippen LogP contribution in [0.2, 0.25) is 0 Å². The Labute approximate surface area is 148 Å². The van der Waals surface area contributed by atoms with Crippen LogP contribution in [0.25, 0.3) is 0 Å². The number of rotatable bonds is 4. The standard InChI is InChI=1S/C19H16F3N3O/c20-19(21,22)17-10-15(7-6-14(17)11-23)24-12-13-3-1-4-16(9-13)25-8-2-5-18(25)26/h1,3-4,6-7,9-10,24H,2,5,8,12H2. The Balaban J connectivity index is 1.75. The number of nitriles is 1. The minimum Gasteiger partial charge on any atom is -0.381 e. The van der Waals surface area contributed by atoms with Crippen molar-refractivity contribution in [1.82, 2.24) is 0 Å². The van der Waals surface area contributed by atoms with Gasteiger partial charge in [0.2, 0.25) is 5.91 Å². The molecule has 0 unspecified atom stereocenters. The SMILES string of the molecule is N#Cc1ccc(NCc2cccc(N3CCCC3=O)c2)cc1C(F)(F)F. The van der Waals surface area contributed by atoms with Crippen molar-refractivity contribution in [3.63, 3.8) is 0 Å². The van der Waals surface area contributed by atoms with E-state index in [2.05, 4.69) is 5.32 Å². The van der Waals surface area contributed by atoms with Gasteiger partial charge in [0.25, 0.3) is 0 Å². The predicted octanol–water partition coefficient (Wildman–Crippen LogP) is 4.32. The van der Waals surface area contributed by atoms with Gasteiger partial charge in [-0.3, -0.25) is 4.79 Å². The predicted molar refractivity (Wildman–Crippen MR) is 91.5 cm³/mol. The number of nitrogens with one attached hydrogen (secondary N) is 1. The number of anilines is 2. The Morgan fingerprint density at radius 2 is 2.00 bits per heavy atom. The van der Waals surface area contributed by atoms with Gasteiger partial charge in [-0.15, -0.1) is 0 Å². The Morgan fingerprint density at radius 1 is 1.19 bits per heavy atom. The van der Waals surface area contributed by atoms with Gasteiger partial charge in [-0.1, -0.05) is 12.1 Å². The molecule has 1 amide bonds. The molecule has 1 heterocycles. The summed E-state index contributed by atoms with van der Waals surface area (Å²) in [5.41, 5.74) is 0.556. The van der Waals surface area contributed by atoms with Crippen LogP contribution in [0.3, 0.4) is 0 Å². The lowest BCUT2D eigenvalue weighted by Crippen LogP contribution is -2.23. The minimum atomic E-state index is -4.58. The van der Waals surface area contributed by atoms with Gasteiger partial charge in [0.05, 0.1) is 17.2 Å². The first-order valence-electron chi connectivity index (χ1n) is 8.13. The molecule has 0 atom stereocenters. The lowest BCUT2D eigenvalue weighted by Gasteiger charge is -2.17. The van der Waals surface area contributed by atoms with E-state index in [0.717, 1.165) is 29.8 Å². The van der Waals surface area contributed by atoms with Crippen molar-refractivity contribution < 1.29 is 18.0 Å². The van der Waals surface area contributed by atoms with E-state index in [1.54, 1.807) is 11.0 Å². The number of benzene rings is 2. The second-order valence-electron chi connectivity index (χ2n) is 6.04. The number of amides is 1. The minimum absolute atomic E-state index is 0.0806. The zero-order chi connectivity index (χ0) is 18.7. The van der Waals surface area contributed by atoms with E-state index in [-0.39, 0.29) is 11.6 Å². The molecule has 0 saturated carbocycles. The fourth-order valence-corrected chi connectivity index (χ4v) is 2.95. The van der Waals surface area contributed by atoms with Crippen molar-refractivity contribution in [3.8, 4) is 6.07 Å². The molecule has 1 aliphatic rings. The third-order valence-corrected chi connectivity index (χ3v) is 4.24. The highest BCUT2D eigenvalue weighted by Gasteiger charge is 2.33. The first kappa shape index (κ1) is 17.8. The maximum Gasteiger partial charge on any atom is 0.417 e. The summed E-state index contributed by atoms with van der Waals surface area (Å²) in [6.07, 6.45) is -3.22. The summed E-state index contributed by atoms with van der Waals surface area (Å²) in [6, 6.07) is 12.5. The normalized spacial score (nSPS) is 14.4. The van der Waals surface area contributed by atoms with Crippen LogP contribution in [0.15, 0.2) is 42.5 Å². The van der Waals surface area contributed by atoms with Crippen molar-refractivity contribution in [2.24, 2.45) is 0 Å². The fraction of sp³-hybridized carbons (Fsp3) is 0.263. The summed E-state index contributed by atoms with van der Waals surface area (Å²) in [5.74, 6) is 0.0806. The zero-order valence-corrected chi connectivity index (χ0v) is 13.8. The largest absolute Gasteiger partial charge is 0.417 e. The summed E-state index contributed by atoms with van der Waals surface area (Å²) >= 11 is 0. The molecule has 1 aliphatic heterocycles. The molecule has 2 aromatic carbocycles. The van der Waals surface area contributed by atoms with Gasteiger partial charge < -0.3 is 10.2 Å². The quantitative estimate of drug-likeness (QED) is 0.885. The Hall–Kier alpha value is -3.01. The Kier molecular flexibility index (Phi) is 4.85. The number of carbonyl (C=O) groups excluding carboxylic acids is 1. The van der Waals surface area contributed by atoms with Crippen molar-refractivity contribution in [1.29, 1.82) is 5.26 Å². The molecule has 0 bridgehead atoms. The number of nitrogens with zero attached hydrogens (tertiary/aromatic N) is 2. The van der Waals surface area contributed by atoms with Crippen LogP contribution >= 0.6 is 0 Å². The molecule has 7 heteroatoms. The molecule has 26 heavy (non-hydrogen) atoms. The molecule has 0 radical (unpaired) electrons. The monoisotopic (exact) mass is 359 g/mol. The number of halogens is 3. The van der Waals surface area contributed by atoms with E-state index >= 15 is 0 Å². The maximum absolute atomic E-state index is 13.0. The van der Waals surface area contributed by atoms with Crippen LogP contribution in [-0.4, -0.2) is 12.5 Å². The van der Waals surface area contributed by atoms with Gasteiger partial charge in [0.15, 0.2) is 0 Å². The average molecular weight is 359 g/mol. The van der Waals surface area contributed by atoms with Crippen LogP contribution in [-0.2, 0) is 17.5 Å². The van der Waals surface area contributed by atoms with Gasteiger partial charge in [-0.2, -0.15) is 18.4 Å². The number of alkyl halides is 3. The molecule has 134 valence electrons. The molecule has 1 saturated heterocycles. The van der Waals surface area contributed by atoms with Crippen LogP contribution in [0.4, 0.5) is 24.5 Å². The molecule has 1 fully saturated rings. The van der Waals surface area contributed by atoms with E-state index in [0.29, 0.717) is 19.5 Å². The highest BCUT2D eigenvalue weighted by molar-refractivity contribution is 5.95. The van der Waals surface area contributed by atoms with E-state index in [1.807, 2.05) is 24.3 Å². The molecule has 2 aromatic rings.